The van der Waals surface area contributed by atoms with Crippen LogP contribution >= 0.6 is 0 Å². The summed E-state index contributed by atoms with van der Waals surface area (Å²) in [5.74, 6) is -1.21. The van der Waals surface area contributed by atoms with Crippen LogP contribution in [0, 0.1) is 5.41 Å². The molecule has 2 aliphatic rings. The minimum Gasteiger partial charge on any atom is -0.367 e. The van der Waals surface area contributed by atoms with Gasteiger partial charge in [-0.15, -0.1) is 0 Å². The second kappa shape index (κ2) is 4.59. The summed E-state index contributed by atoms with van der Waals surface area (Å²) in [6.07, 6.45) is 2.40. The van der Waals surface area contributed by atoms with Crippen LogP contribution in [0.1, 0.15) is 32.1 Å². The first-order valence-electron chi connectivity index (χ1n) is 5.73. The molecule has 2 amide bonds. The van der Waals surface area contributed by atoms with Gasteiger partial charge in [-0.25, -0.2) is 0 Å². The van der Waals surface area contributed by atoms with Gasteiger partial charge in [0.05, 0.1) is 0 Å². The Morgan fingerprint density at radius 2 is 1.47 bits per heavy atom. The summed E-state index contributed by atoms with van der Waals surface area (Å²) in [4.78, 5) is 33.0. The molecule has 2 atom stereocenters. The molecule has 0 bridgehead atoms. The highest BCUT2D eigenvalue weighted by molar-refractivity contribution is 5.84. The molecule has 1 aliphatic heterocycles. The maximum absolute atomic E-state index is 11.4. The summed E-state index contributed by atoms with van der Waals surface area (Å²) in [6.45, 7) is 0. The van der Waals surface area contributed by atoms with Crippen molar-refractivity contribution in [2.75, 3.05) is 0 Å². The first-order chi connectivity index (χ1) is 8.08. The monoisotopic (exact) mass is 243 g/mol. The normalized spacial score (nSPS) is 32.2. The molecule has 2 fully saturated rings. The van der Waals surface area contributed by atoms with E-state index < -0.39 is 29.4 Å². The molecule has 0 radical (unpaired) electrons. The zero-order valence-corrected chi connectivity index (χ0v) is 9.48. The molecule has 7 heteroatoms. The molecule has 17 heavy (non-hydrogen) atoms. The first-order valence-corrected chi connectivity index (χ1v) is 5.73. The van der Waals surface area contributed by atoms with Crippen LogP contribution in [-0.4, -0.2) is 24.0 Å². The zero-order chi connectivity index (χ0) is 12.5. The molecule has 0 aromatic rings. The van der Waals surface area contributed by atoms with E-state index in [1.807, 2.05) is 0 Å². The van der Waals surface area contributed by atoms with Gasteiger partial charge in [-0.05, 0) is 12.8 Å². The Kier molecular flexibility index (Phi) is 3.32. The van der Waals surface area contributed by atoms with Crippen molar-refractivity contribution < 1.29 is 19.3 Å². The molecule has 1 aliphatic carbocycles. The van der Waals surface area contributed by atoms with Gasteiger partial charge in [-0.2, -0.15) is 0 Å². The molecule has 1 heterocycles. The Balaban J connectivity index is 2.33. The van der Waals surface area contributed by atoms with Crippen LogP contribution in [0.5, 0.6) is 0 Å². The van der Waals surface area contributed by atoms with Gasteiger partial charge in [0.15, 0.2) is 12.2 Å². The number of rotatable bonds is 2. The molecule has 5 N–H and O–H groups in total. The molecule has 0 aromatic carbocycles. The molecule has 1 saturated carbocycles. The third-order valence-electron chi connectivity index (χ3n) is 3.68. The van der Waals surface area contributed by atoms with Crippen molar-refractivity contribution in [1.82, 2.24) is 5.64 Å². The lowest BCUT2D eigenvalue weighted by molar-refractivity contribution is -0.312. The van der Waals surface area contributed by atoms with Gasteiger partial charge in [0, 0.05) is 5.41 Å². The van der Waals surface area contributed by atoms with E-state index in [1.165, 1.54) is 0 Å². The number of primary amides is 2. The van der Waals surface area contributed by atoms with E-state index in [0.717, 1.165) is 19.3 Å². The maximum Gasteiger partial charge on any atom is 0.249 e. The van der Waals surface area contributed by atoms with Crippen molar-refractivity contribution in [2.24, 2.45) is 16.9 Å². The lowest BCUT2D eigenvalue weighted by atomic mass is 9.66. The van der Waals surface area contributed by atoms with Crippen molar-refractivity contribution in [2.45, 2.75) is 44.3 Å². The maximum atomic E-state index is 11.4. The standard InChI is InChI=1S/C10H17N3O4/c11-8(14)6-10(4-2-1-3-5-10)7(9(12)15)17-13-16-6/h6-7,13H,1-5H2,(H2,11,14)(H2,12,15). The summed E-state index contributed by atoms with van der Waals surface area (Å²) in [5.41, 5.74) is 12.0. The fourth-order valence-electron chi connectivity index (χ4n) is 2.91. The molecule has 2 rings (SSSR count). The summed E-state index contributed by atoms with van der Waals surface area (Å²) in [6, 6.07) is 0. The molecule has 96 valence electrons. The number of hydrogen-bond donors (Lipinski definition) is 3. The summed E-state index contributed by atoms with van der Waals surface area (Å²) < 4.78 is 0. The molecule has 1 saturated heterocycles. The van der Waals surface area contributed by atoms with Crippen LogP contribution in [0.2, 0.25) is 0 Å². The second-order valence-electron chi connectivity index (χ2n) is 4.68. The third-order valence-corrected chi connectivity index (χ3v) is 3.68. The Bertz CT molecular complexity index is 304. The summed E-state index contributed by atoms with van der Waals surface area (Å²) in [5, 5.41) is 0. The number of hydrogen-bond acceptors (Lipinski definition) is 5. The van der Waals surface area contributed by atoms with Gasteiger partial charge in [-0.3, -0.25) is 19.3 Å². The van der Waals surface area contributed by atoms with Crippen molar-refractivity contribution in [3.63, 3.8) is 0 Å². The van der Waals surface area contributed by atoms with Gasteiger partial charge in [0.2, 0.25) is 11.8 Å². The summed E-state index contributed by atoms with van der Waals surface area (Å²) >= 11 is 0. The van der Waals surface area contributed by atoms with E-state index in [2.05, 4.69) is 5.64 Å². The van der Waals surface area contributed by atoms with Crippen LogP contribution in [0.4, 0.5) is 0 Å². The van der Waals surface area contributed by atoms with E-state index >= 15 is 0 Å². The van der Waals surface area contributed by atoms with E-state index in [1.54, 1.807) is 0 Å². The lowest BCUT2D eigenvalue weighted by Gasteiger charge is -2.47. The number of nitrogens with two attached hydrogens (primary N) is 2. The van der Waals surface area contributed by atoms with Gasteiger partial charge in [0.25, 0.3) is 0 Å². The second-order valence-corrected chi connectivity index (χ2v) is 4.68. The van der Waals surface area contributed by atoms with Gasteiger partial charge in [0.1, 0.15) is 0 Å². The van der Waals surface area contributed by atoms with Gasteiger partial charge >= 0.3 is 0 Å². The Morgan fingerprint density at radius 1 is 1.00 bits per heavy atom. The largest absolute Gasteiger partial charge is 0.367 e. The van der Waals surface area contributed by atoms with E-state index in [9.17, 15) is 9.59 Å². The number of carbonyl (C=O) groups excluding carboxylic acids is 2. The highest BCUT2D eigenvalue weighted by Crippen LogP contribution is 2.45. The van der Waals surface area contributed by atoms with Gasteiger partial charge in [-0.1, -0.05) is 24.9 Å². The minimum atomic E-state index is -0.881. The van der Waals surface area contributed by atoms with Crippen LogP contribution in [0.3, 0.4) is 0 Å². The Labute approximate surface area is 98.7 Å². The third kappa shape index (κ3) is 2.01. The van der Waals surface area contributed by atoms with Gasteiger partial charge < -0.3 is 11.5 Å². The average molecular weight is 243 g/mol. The van der Waals surface area contributed by atoms with Crippen molar-refractivity contribution in [3.05, 3.63) is 0 Å². The first kappa shape index (κ1) is 12.3. The fourth-order valence-corrected chi connectivity index (χ4v) is 2.91. The van der Waals surface area contributed by atoms with E-state index in [-0.39, 0.29) is 0 Å². The fraction of sp³-hybridized carbons (Fsp3) is 0.800. The Morgan fingerprint density at radius 3 is 1.88 bits per heavy atom. The van der Waals surface area contributed by atoms with Crippen LogP contribution in [0.25, 0.3) is 0 Å². The number of amides is 2. The Hall–Kier alpha value is -1.18. The zero-order valence-electron chi connectivity index (χ0n) is 9.48. The van der Waals surface area contributed by atoms with Crippen LogP contribution < -0.4 is 17.1 Å². The number of nitrogens with one attached hydrogen (secondary N) is 1. The van der Waals surface area contributed by atoms with Crippen molar-refractivity contribution in [3.8, 4) is 0 Å². The minimum absolute atomic E-state index is 0.603. The van der Waals surface area contributed by atoms with Crippen LogP contribution in [0.15, 0.2) is 0 Å². The predicted molar refractivity (Wildman–Crippen MR) is 56.8 cm³/mol. The summed E-state index contributed by atoms with van der Waals surface area (Å²) in [7, 11) is 0. The quantitative estimate of drug-likeness (QED) is 0.581. The smallest absolute Gasteiger partial charge is 0.249 e. The molecule has 1 spiro atoms. The SMILES string of the molecule is NC(=O)C1ONOC(C(N)=O)C12CCCCC2. The molecular weight excluding hydrogens is 226 g/mol. The topological polar surface area (TPSA) is 117 Å². The highest BCUT2D eigenvalue weighted by Gasteiger charge is 2.55. The van der Waals surface area contributed by atoms with Crippen molar-refractivity contribution >= 4 is 11.8 Å². The molecule has 2 unspecified atom stereocenters. The highest BCUT2D eigenvalue weighted by atomic mass is 16.9. The lowest BCUT2D eigenvalue weighted by Crippen LogP contribution is -2.64. The average Bonchev–Trinajstić information content (AvgIpc) is 2.29. The predicted octanol–water partition coefficient (Wildman–Crippen LogP) is -0.889. The molecule has 7 nitrogen and oxygen atoms in total. The van der Waals surface area contributed by atoms with Crippen LogP contribution in [-0.2, 0) is 19.3 Å². The molecular formula is C10H17N3O4. The molecule has 0 aromatic heterocycles. The van der Waals surface area contributed by atoms with Crippen molar-refractivity contribution in [1.29, 1.82) is 0 Å². The van der Waals surface area contributed by atoms with E-state index in [0.29, 0.717) is 12.8 Å². The number of carbonyl (C=O) groups is 2. The van der Waals surface area contributed by atoms with E-state index in [4.69, 9.17) is 21.1 Å².